The Hall–Kier alpha value is -2.32. The van der Waals surface area contributed by atoms with Gasteiger partial charge in [-0.05, 0) is 29.7 Å². The number of nitrogens with zero attached hydrogens (tertiary/aromatic N) is 5. The molecule has 5 N–H and O–H groups in total. The molecule has 0 aromatic carbocycles. The molecule has 236 valence electrons. The van der Waals surface area contributed by atoms with E-state index in [1.54, 1.807) is 0 Å². The van der Waals surface area contributed by atoms with E-state index in [0.717, 1.165) is 0 Å². The van der Waals surface area contributed by atoms with Gasteiger partial charge in [0.15, 0.2) is 35.6 Å². The van der Waals surface area contributed by atoms with E-state index in [1.165, 1.54) is 33.9 Å². The van der Waals surface area contributed by atoms with E-state index in [2.05, 4.69) is 19.9 Å². The number of anilines is 1. The van der Waals surface area contributed by atoms with Gasteiger partial charge in [0.05, 0.1) is 31.2 Å². The molecule has 3 fully saturated rings. The van der Waals surface area contributed by atoms with E-state index in [1.807, 2.05) is 0 Å². The van der Waals surface area contributed by atoms with Crippen molar-refractivity contribution in [3.63, 3.8) is 0 Å². The molecule has 3 aromatic rings. The van der Waals surface area contributed by atoms with Crippen LogP contribution in [0.2, 0.25) is 0 Å². The molecule has 4 aliphatic rings. The van der Waals surface area contributed by atoms with Crippen LogP contribution in [0.25, 0.3) is 11.2 Å². The van der Waals surface area contributed by atoms with Crippen LogP contribution in [0, 0.1) is 0 Å². The van der Waals surface area contributed by atoms with Gasteiger partial charge < -0.3 is 43.1 Å². The molecule has 7 heterocycles. The minimum Gasteiger partial charge on any atom is -0.369 e. The lowest BCUT2D eigenvalue weighted by molar-refractivity contribution is -0.0599. The lowest BCUT2D eigenvalue weighted by Gasteiger charge is -2.27. The number of nitrogens with two attached hydrogens (primary N) is 1. The van der Waals surface area contributed by atoms with Crippen LogP contribution in [-0.4, -0.2) is 89.7 Å². The zero-order chi connectivity index (χ0) is 31.0. The van der Waals surface area contributed by atoms with Crippen molar-refractivity contribution in [2.45, 2.75) is 55.9 Å². The molecule has 0 spiro atoms. The Labute approximate surface area is 256 Å². The van der Waals surface area contributed by atoms with Crippen molar-refractivity contribution in [2.75, 3.05) is 18.9 Å². The van der Waals surface area contributed by atoms with E-state index in [4.69, 9.17) is 56.9 Å². The van der Waals surface area contributed by atoms with E-state index < -0.39 is 68.6 Å². The summed E-state index contributed by atoms with van der Waals surface area (Å²) in [6, 6.07) is 1.51. The maximum atomic E-state index is 16.0. The number of rotatable bonds is 2. The number of alkyl halides is 1. The van der Waals surface area contributed by atoms with Crippen LogP contribution in [0.5, 0.6) is 0 Å². The van der Waals surface area contributed by atoms with E-state index in [-0.39, 0.29) is 48.2 Å². The lowest BCUT2D eigenvalue weighted by Crippen LogP contribution is -2.34. The predicted octanol–water partition coefficient (Wildman–Crippen LogP) is 1.27. The second-order valence-corrected chi connectivity index (χ2v) is 15.9. The number of nitrogens with one attached hydrogen (secondary N) is 1. The number of carbonyl (C=O) groups is 1. The van der Waals surface area contributed by atoms with Gasteiger partial charge in [0.2, 0.25) is 5.95 Å². The highest BCUT2D eigenvalue weighted by atomic mass is 32.5. The Morgan fingerprint density at radius 1 is 1.07 bits per heavy atom. The average Bonchev–Trinajstić information content (AvgIpc) is 3.72. The molecule has 0 saturated carbocycles. The average molecular weight is 692 g/mol. The molecule has 22 heteroatoms. The first kappa shape index (κ1) is 30.3. The van der Waals surface area contributed by atoms with Crippen LogP contribution in [0.4, 0.5) is 16.2 Å². The van der Waals surface area contributed by atoms with Gasteiger partial charge >= 0.3 is 13.4 Å². The van der Waals surface area contributed by atoms with E-state index in [0.29, 0.717) is 5.56 Å². The van der Waals surface area contributed by atoms with Crippen LogP contribution in [0.1, 0.15) is 35.7 Å². The van der Waals surface area contributed by atoms with Crippen molar-refractivity contribution in [3.8, 4) is 0 Å². The summed E-state index contributed by atoms with van der Waals surface area (Å²) in [6.45, 7) is -9.04. The van der Waals surface area contributed by atoms with Gasteiger partial charge in [0, 0.05) is 25.3 Å². The molecule has 0 aliphatic carbocycles. The molecule has 0 radical (unpaired) electrons. The Kier molecular flexibility index (Phi) is 7.71. The number of nitrogen functional groups attached to an aromatic ring is 1. The molecule has 9 atom stereocenters. The molecule has 3 saturated heterocycles. The summed E-state index contributed by atoms with van der Waals surface area (Å²) in [5, 5.41) is 0. The Morgan fingerprint density at radius 3 is 2.66 bits per heavy atom. The molecule has 0 amide bonds. The van der Waals surface area contributed by atoms with Crippen molar-refractivity contribution in [3.05, 3.63) is 34.5 Å². The third kappa shape index (κ3) is 5.52. The monoisotopic (exact) mass is 691 g/mol. The summed E-state index contributed by atoms with van der Waals surface area (Å²) in [7, 11) is 0. The maximum absolute atomic E-state index is 16.0. The van der Waals surface area contributed by atoms with Crippen LogP contribution in [0.15, 0.2) is 28.4 Å². The van der Waals surface area contributed by atoms with Crippen molar-refractivity contribution >= 4 is 72.0 Å². The number of hydrogen-bond acceptors (Lipinski definition) is 14. The minimum absolute atomic E-state index is 0.0200. The molecule has 2 unspecified atom stereocenters. The predicted molar refractivity (Wildman–Crippen MR) is 156 cm³/mol. The number of carbonyl (C=O) groups excluding carboxylic acids is 1. The molecular weight excluding hydrogens is 667 g/mol. The molecule has 4 aliphatic heterocycles. The van der Waals surface area contributed by atoms with Crippen molar-refractivity contribution < 1.29 is 46.5 Å². The van der Waals surface area contributed by atoms with Gasteiger partial charge in [-0.15, -0.1) is 0 Å². The van der Waals surface area contributed by atoms with Gasteiger partial charge in [0.1, 0.15) is 24.1 Å². The number of imidazole rings is 1. The smallest absolute Gasteiger partial charge is 0.325 e. The summed E-state index contributed by atoms with van der Waals surface area (Å²) >= 11 is 10.5. The van der Waals surface area contributed by atoms with Crippen molar-refractivity contribution in [1.82, 2.24) is 24.1 Å². The highest BCUT2D eigenvalue weighted by Gasteiger charge is 2.51. The third-order valence-corrected chi connectivity index (χ3v) is 10.6. The number of aromatic nitrogens is 5. The van der Waals surface area contributed by atoms with Crippen molar-refractivity contribution in [1.29, 1.82) is 0 Å². The van der Waals surface area contributed by atoms with Crippen LogP contribution in [-0.2, 0) is 51.2 Å². The summed E-state index contributed by atoms with van der Waals surface area (Å²) in [5.74, 6) is -0.152. The van der Waals surface area contributed by atoms with Gasteiger partial charge in [-0.25, -0.2) is 14.4 Å². The first-order valence-corrected chi connectivity index (χ1v) is 18.3. The topological polar surface area (TPSA) is 220 Å². The molecule has 17 nitrogen and oxygen atoms in total. The third-order valence-electron chi connectivity index (χ3n) is 7.44. The summed E-state index contributed by atoms with van der Waals surface area (Å²) < 4.78 is 53.3. The fourth-order valence-electron chi connectivity index (χ4n) is 5.52. The number of Topliss-reactive ketones (excluding diaryl/α,β-unsaturated/α-hetero) is 1. The summed E-state index contributed by atoms with van der Waals surface area (Å²) in [5.41, 5.74) is 5.51. The quantitative estimate of drug-likeness (QED) is 0.278. The number of aliphatic imine (C=N–C) groups is 1. The second kappa shape index (κ2) is 11.2. The SMILES string of the molecule is Nc1nc2c(ncn2[C@@H]2O[C@@H]3COP(O)(=S)O[C@H]4[C@H](F)[C@H](n5ccc6c5N=CCC6=O)O[C@@H]4COP(O)(=S)O[C@@H]2C3)c(=O)[nH]1. The first-order chi connectivity index (χ1) is 20.9. The number of aromatic amines is 1. The standard InChI is InChI=1S/C22H24FN7O10P2S2/c23-14-16-13(38-21(14)29-4-2-10-11(31)1-3-25-17(10)29)7-36-41(33,43)39-12-5-9(6-35-42(34,44)40-16)37-20(12)30-8-26-15-18(30)27-22(24)28-19(15)32/h2-4,8-9,12-14,16,20-21H,1,5-7H2,(H,33,43)(H,34,44)(H3,24,27,28,32)/t9-,12+,13+,14-,16+,20+,21+,41?,42?/m0/s1. The number of fused-ring (bicyclic) bond motifs is 5. The molecular formula is C22H24FN7O10P2S2. The molecule has 3 aromatic heterocycles. The summed E-state index contributed by atoms with van der Waals surface area (Å²) in [6.07, 6.45) is -4.57. The molecule has 7 rings (SSSR count). The fraction of sp³-hybridized carbons (Fsp3) is 0.500. The number of hydrogen-bond donors (Lipinski definition) is 4. The van der Waals surface area contributed by atoms with Crippen molar-refractivity contribution in [2.24, 2.45) is 4.99 Å². The Morgan fingerprint density at radius 2 is 1.84 bits per heavy atom. The highest BCUT2D eigenvalue weighted by molar-refractivity contribution is 8.07. The number of H-pyrrole nitrogens is 1. The zero-order valence-corrected chi connectivity index (χ0v) is 25.7. The Bertz CT molecular complexity index is 1840. The first-order valence-electron chi connectivity index (χ1n) is 13.1. The molecule has 2 bridgehead atoms. The zero-order valence-electron chi connectivity index (χ0n) is 22.2. The van der Waals surface area contributed by atoms with Crippen LogP contribution in [0.3, 0.4) is 0 Å². The Balaban J connectivity index is 1.18. The summed E-state index contributed by atoms with van der Waals surface area (Å²) in [4.78, 5) is 61.4. The minimum atomic E-state index is -4.12. The highest BCUT2D eigenvalue weighted by Crippen LogP contribution is 2.54. The number of ketones is 1. The normalized spacial score (nSPS) is 37.7. The van der Waals surface area contributed by atoms with Gasteiger partial charge in [0.25, 0.3) is 5.56 Å². The molecule has 44 heavy (non-hydrogen) atoms. The lowest BCUT2D eigenvalue weighted by atomic mass is 10.1. The number of ether oxygens (including phenoxy) is 2. The van der Waals surface area contributed by atoms with Crippen LogP contribution < -0.4 is 11.3 Å². The van der Waals surface area contributed by atoms with E-state index >= 15 is 4.39 Å². The number of halogens is 1. The van der Waals surface area contributed by atoms with E-state index in [9.17, 15) is 19.4 Å². The van der Waals surface area contributed by atoms with Gasteiger partial charge in [-0.2, -0.15) is 4.98 Å². The maximum Gasteiger partial charge on any atom is 0.325 e. The largest absolute Gasteiger partial charge is 0.369 e. The van der Waals surface area contributed by atoms with Gasteiger partial charge in [-0.3, -0.25) is 23.7 Å². The van der Waals surface area contributed by atoms with Gasteiger partial charge in [-0.1, -0.05) is 0 Å². The van der Waals surface area contributed by atoms with Crippen LogP contribution >= 0.6 is 13.4 Å². The fourth-order valence-corrected chi connectivity index (χ4v) is 8.42. The second-order valence-electron chi connectivity index (χ2n) is 10.3.